The van der Waals surface area contributed by atoms with Crippen molar-refractivity contribution in [1.82, 2.24) is 14.8 Å². The molecule has 0 bridgehead atoms. The highest BCUT2D eigenvalue weighted by atomic mass is 19.1. The third kappa shape index (κ3) is 4.13. The van der Waals surface area contributed by atoms with Gasteiger partial charge in [-0.25, -0.2) is 18.6 Å². The molecule has 1 aliphatic rings. The van der Waals surface area contributed by atoms with Gasteiger partial charge in [0.25, 0.3) is 5.91 Å². The van der Waals surface area contributed by atoms with Crippen molar-refractivity contribution in [3.05, 3.63) is 53.7 Å². The van der Waals surface area contributed by atoms with Crippen molar-refractivity contribution in [3.63, 3.8) is 0 Å². The maximum absolute atomic E-state index is 13.8. The lowest BCUT2D eigenvalue weighted by atomic mass is 10.1. The number of urea groups is 1. The Morgan fingerprint density at radius 3 is 2.33 bits per heavy atom. The quantitative estimate of drug-likeness (QED) is 0.893. The molecule has 0 spiro atoms. The number of halogens is 2. The lowest BCUT2D eigenvalue weighted by Gasteiger charge is -2.34. The van der Waals surface area contributed by atoms with E-state index >= 15 is 0 Å². The maximum atomic E-state index is 13.8. The van der Waals surface area contributed by atoms with Crippen molar-refractivity contribution < 1.29 is 23.1 Å². The van der Waals surface area contributed by atoms with E-state index in [0.717, 1.165) is 12.1 Å². The van der Waals surface area contributed by atoms with Crippen LogP contribution in [0.25, 0.3) is 0 Å². The first-order valence-electron chi connectivity index (χ1n) is 8.29. The van der Waals surface area contributed by atoms with E-state index in [0.29, 0.717) is 11.6 Å². The first-order valence-corrected chi connectivity index (χ1v) is 8.29. The minimum atomic E-state index is -0.896. The summed E-state index contributed by atoms with van der Waals surface area (Å²) in [7, 11) is 1.47. The molecule has 2 heterocycles. The number of rotatable bonds is 3. The first kappa shape index (κ1) is 18.6. The van der Waals surface area contributed by atoms with Crippen molar-refractivity contribution in [2.75, 3.05) is 38.6 Å². The number of hydrogen-bond donors (Lipinski definition) is 1. The van der Waals surface area contributed by atoms with Gasteiger partial charge in [-0.15, -0.1) is 0 Å². The number of carbonyl (C=O) groups excluding carboxylic acids is 2. The molecule has 9 heteroatoms. The van der Waals surface area contributed by atoms with Gasteiger partial charge in [0.2, 0.25) is 5.88 Å². The number of aromatic nitrogens is 1. The summed E-state index contributed by atoms with van der Waals surface area (Å²) in [5.74, 6) is -2.14. The molecule has 1 saturated heterocycles. The monoisotopic (exact) mass is 376 g/mol. The smallest absolute Gasteiger partial charge is 0.321 e. The largest absolute Gasteiger partial charge is 0.481 e. The molecule has 0 unspecified atom stereocenters. The first-order chi connectivity index (χ1) is 13.0. The van der Waals surface area contributed by atoms with Gasteiger partial charge in [-0.3, -0.25) is 4.79 Å². The van der Waals surface area contributed by atoms with E-state index in [1.807, 2.05) is 0 Å². The summed E-state index contributed by atoms with van der Waals surface area (Å²) in [5.41, 5.74) is -0.0435. The standard InChI is InChI=1S/C18H18F2N4O3/c1-27-15-11-12(5-6-21-15)22-18(26)24-9-7-23(8-10-24)17(25)16-13(19)3-2-4-14(16)20/h2-6,11H,7-10H2,1H3,(H,21,22,26). The van der Waals surface area contributed by atoms with Crippen LogP contribution in [0.15, 0.2) is 36.5 Å². The third-order valence-corrected chi connectivity index (χ3v) is 4.23. The summed E-state index contributed by atoms with van der Waals surface area (Å²) in [6.45, 7) is 0.852. The molecule has 1 aromatic carbocycles. The number of carbonyl (C=O) groups is 2. The van der Waals surface area contributed by atoms with E-state index < -0.39 is 23.1 Å². The number of benzene rings is 1. The molecule has 0 saturated carbocycles. The Morgan fingerprint density at radius 2 is 1.70 bits per heavy atom. The number of anilines is 1. The van der Waals surface area contributed by atoms with Crippen molar-refractivity contribution in [1.29, 1.82) is 0 Å². The van der Waals surface area contributed by atoms with E-state index in [9.17, 15) is 18.4 Å². The van der Waals surface area contributed by atoms with E-state index in [1.165, 1.54) is 29.2 Å². The van der Waals surface area contributed by atoms with E-state index in [2.05, 4.69) is 10.3 Å². The minimum Gasteiger partial charge on any atom is -0.481 e. The van der Waals surface area contributed by atoms with Gasteiger partial charge >= 0.3 is 6.03 Å². The van der Waals surface area contributed by atoms with Crippen LogP contribution >= 0.6 is 0 Å². The van der Waals surface area contributed by atoms with Crippen LogP contribution in [0, 0.1) is 11.6 Å². The highest BCUT2D eigenvalue weighted by Crippen LogP contribution is 2.17. The van der Waals surface area contributed by atoms with Crippen molar-refractivity contribution in [2.24, 2.45) is 0 Å². The van der Waals surface area contributed by atoms with Crippen LogP contribution in [0.3, 0.4) is 0 Å². The molecule has 1 aliphatic heterocycles. The van der Waals surface area contributed by atoms with E-state index in [1.54, 1.807) is 12.1 Å². The molecule has 7 nitrogen and oxygen atoms in total. The molecule has 27 heavy (non-hydrogen) atoms. The Balaban J connectivity index is 1.59. The molecule has 0 radical (unpaired) electrons. The molecule has 142 valence electrons. The number of piperazine rings is 1. The molecular formula is C18H18F2N4O3. The lowest BCUT2D eigenvalue weighted by molar-refractivity contribution is 0.0662. The number of amides is 3. The molecule has 1 aromatic heterocycles. The molecule has 1 N–H and O–H groups in total. The highest BCUT2D eigenvalue weighted by Gasteiger charge is 2.28. The molecule has 3 amide bonds. The van der Waals surface area contributed by atoms with Gasteiger partial charge in [-0.1, -0.05) is 6.07 Å². The fourth-order valence-corrected chi connectivity index (χ4v) is 2.77. The molecular weight excluding hydrogens is 358 g/mol. The van der Waals surface area contributed by atoms with Crippen molar-refractivity contribution >= 4 is 17.6 Å². The second kappa shape index (κ2) is 7.98. The Morgan fingerprint density at radius 1 is 1.07 bits per heavy atom. The summed E-state index contributed by atoms with van der Waals surface area (Å²) in [4.78, 5) is 31.6. The summed E-state index contributed by atoms with van der Waals surface area (Å²) in [6, 6.07) is 6.16. The zero-order valence-corrected chi connectivity index (χ0v) is 14.6. The van der Waals surface area contributed by atoms with Gasteiger partial charge in [0, 0.05) is 44.1 Å². The van der Waals surface area contributed by atoms with Crippen LogP contribution in [-0.4, -0.2) is 60.0 Å². The molecule has 1 fully saturated rings. The SMILES string of the molecule is COc1cc(NC(=O)N2CCN(C(=O)c3c(F)cccc3F)CC2)ccn1. The topological polar surface area (TPSA) is 74.8 Å². The number of hydrogen-bond acceptors (Lipinski definition) is 4. The van der Waals surface area contributed by atoms with Crippen LogP contribution in [0.2, 0.25) is 0 Å². The van der Waals surface area contributed by atoms with Crippen LogP contribution in [-0.2, 0) is 0 Å². The van der Waals surface area contributed by atoms with Gasteiger partial charge in [0.15, 0.2) is 0 Å². The second-order valence-electron chi connectivity index (χ2n) is 5.89. The normalized spacial score (nSPS) is 14.0. The predicted molar refractivity (Wildman–Crippen MR) is 93.6 cm³/mol. The van der Waals surface area contributed by atoms with Gasteiger partial charge in [0.05, 0.1) is 7.11 Å². The molecule has 0 atom stereocenters. The minimum absolute atomic E-state index is 0.180. The number of nitrogens with zero attached hydrogens (tertiary/aromatic N) is 3. The zero-order valence-electron chi connectivity index (χ0n) is 14.6. The molecule has 0 aliphatic carbocycles. The maximum Gasteiger partial charge on any atom is 0.321 e. The Labute approximate surface area is 154 Å². The zero-order chi connectivity index (χ0) is 19.4. The fourth-order valence-electron chi connectivity index (χ4n) is 2.77. The van der Waals surface area contributed by atoms with E-state index in [-0.39, 0.29) is 32.2 Å². The van der Waals surface area contributed by atoms with E-state index in [4.69, 9.17) is 4.74 Å². The van der Waals surface area contributed by atoms with Crippen molar-refractivity contribution in [3.8, 4) is 5.88 Å². The van der Waals surface area contributed by atoms with Crippen LogP contribution in [0.5, 0.6) is 5.88 Å². The fraction of sp³-hybridized carbons (Fsp3) is 0.278. The number of pyridine rings is 1. The molecule has 2 aromatic rings. The van der Waals surface area contributed by atoms with Gasteiger partial charge in [0.1, 0.15) is 17.2 Å². The lowest BCUT2D eigenvalue weighted by Crippen LogP contribution is -2.52. The number of ether oxygens (including phenoxy) is 1. The van der Waals surface area contributed by atoms with Gasteiger partial charge in [-0.05, 0) is 18.2 Å². The Kier molecular flexibility index (Phi) is 5.49. The van der Waals surface area contributed by atoms with Crippen LogP contribution in [0.1, 0.15) is 10.4 Å². The highest BCUT2D eigenvalue weighted by molar-refractivity contribution is 5.95. The molecule has 3 rings (SSSR count). The predicted octanol–water partition coefficient (Wildman–Crippen LogP) is 2.36. The van der Waals surface area contributed by atoms with Crippen LogP contribution < -0.4 is 10.1 Å². The van der Waals surface area contributed by atoms with Gasteiger partial charge < -0.3 is 19.9 Å². The summed E-state index contributed by atoms with van der Waals surface area (Å²) < 4.78 is 32.6. The summed E-state index contributed by atoms with van der Waals surface area (Å²) in [5, 5.41) is 2.72. The van der Waals surface area contributed by atoms with Crippen molar-refractivity contribution in [2.45, 2.75) is 0 Å². The Hall–Kier alpha value is -3.23. The Bertz CT molecular complexity index is 834. The average Bonchev–Trinajstić information content (AvgIpc) is 2.68. The third-order valence-electron chi connectivity index (χ3n) is 4.23. The second-order valence-corrected chi connectivity index (χ2v) is 5.89. The average molecular weight is 376 g/mol. The van der Waals surface area contributed by atoms with Gasteiger partial charge in [-0.2, -0.15) is 0 Å². The summed E-state index contributed by atoms with van der Waals surface area (Å²) in [6.07, 6.45) is 1.51. The number of methoxy groups -OCH3 is 1. The van der Waals surface area contributed by atoms with Crippen LogP contribution in [0.4, 0.5) is 19.3 Å². The number of nitrogens with one attached hydrogen (secondary N) is 1. The summed E-state index contributed by atoms with van der Waals surface area (Å²) >= 11 is 0.